The zero-order valence-corrected chi connectivity index (χ0v) is 19.7. The van der Waals surface area contributed by atoms with Gasteiger partial charge >= 0.3 is 11.9 Å². The molecule has 0 spiro atoms. The summed E-state index contributed by atoms with van der Waals surface area (Å²) in [6.45, 7) is 1.06. The Morgan fingerprint density at radius 1 is 1.19 bits per heavy atom. The Morgan fingerprint density at radius 2 is 1.91 bits per heavy atom. The number of aliphatic carboxylic acids is 1. The molecule has 0 bridgehead atoms. The largest absolute Gasteiger partial charge is 0.477 e. The number of amides is 2. The SMILES string of the molecule is CC(=O)OCC1=C(C(=O)O)N2C(=O)C(NC(=O)Cc3ccccc3C3SCCS3)C2SC1. The fourth-order valence-corrected chi connectivity index (χ4v) is 8.15. The second kappa shape index (κ2) is 9.80. The number of hydrogen-bond acceptors (Lipinski definition) is 8. The van der Waals surface area contributed by atoms with E-state index in [2.05, 4.69) is 5.32 Å². The van der Waals surface area contributed by atoms with Crippen molar-refractivity contribution in [3.8, 4) is 0 Å². The summed E-state index contributed by atoms with van der Waals surface area (Å²) in [5.41, 5.74) is 2.28. The zero-order chi connectivity index (χ0) is 22.8. The van der Waals surface area contributed by atoms with Crippen molar-refractivity contribution in [2.75, 3.05) is 23.9 Å². The molecular formula is C21H22N2O6S3. The average Bonchev–Trinajstić information content (AvgIpc) is 3.30. The van der Waals surface area contributed by atoms with Crippen molar-refractivity contribution in [3.05, 3.63) is 46.7 Å². The summed E-state index contributed by atoms with van der Waals surface area (Å²) >= 11 is 5.08. The zero-order valence-electron chi connectivity index (χ0n) is 17.2. The first kappa shape index (κ1) is 23.1. The summed E-state index contributed by atoms with van der Waals surface area (Å²) in [7, 11) is 0. The van der Waals surface area contributed by atoms with Gasteiger partial charge in [-0.1, -0.05) is 24.3 Å². The van der Waals surface area contributed by atoms with E-state index in [0.29, 0.717) is 15.9 Å². The van der Waals surface area contributed by atoms with E-state index in [1.165, 1.54) is 23.6 Å². The maximum absolute atomic E-state index is 12.8. The Labute approximate surface area is 197 Å². The van der Waals surface area contributed by atoms with Crippen LogP contribution in [0.2, 0.25) is 0 Å². The van der Waals surface area contributed by atoms with Gasteiger partial charge in [0.2, 0.25) is 5.91 Å². The van der Waals surface area contributed by atoms with Crippen molar-refractivity contribution in [3.63, 3.8) is 0 Å². The van der Waals surface area contributed by atoms with Crippen LogP contribution in [-0.4, -0.2) is 69.0 Å². The number of fused-ring (bicyclic) bond motifs is 1. The van der Waals surface area contributed by atoms with Crippen LogP contribution in [0.3, 0.4) is 0 Å². The molecule has 11 heteroatoms. The quantitative estimate of drug-likeness (QED) is 0.434. The van der Waals surface area contributed by atoms with E-state index >= 15 is 0 Å². The molecule has 3 aliphatic rings. The van der Waals surface area contributed by atoms with Gasteiger partial charge in [0, 0.05) is 29.8 Å². The summed E-state index contributed by atoms with van der Waals surface area (Å²) in [6.07, 6.45) is 0.161. The number of carboxylic acid groups (broad SMARTS) is 1. The number of hydrogen-bond donors (Lipinski definition) is 2. The fraction of sp³-hybridized carbons (Fsp3) is 0.429. The molecule has 2 unspecified atom stereocenters. The highest BCUT2D eigenvalue weighted by atomic mass is 32.2. The minimum Gasteiger partial charge on any atom is -0.477 e. The van der Waals surface area contributed by atoms with Crippen LogP contribution >= 0.6 is 35.3 Å². The number of nitrogens with one attached hydrogen (secondary N) is 1. The van der Waals surface area contributed by atoms with Crippen LogP contribution in [0.25, 0.3) is 0 Å². The van der Waals surface area contributed by atoms with Gasteiger partial charge in [-0.15, -0.1) is 35.3 Å². The van der Waals surface area contributed by atoms with Gasteiger partial charge in [0.05, 0.1) is 11.0 Å². The standard InChI is InChI=1S/C21H22N2O6S3/c1-11(24)29-9-13-10-32-19-16(18(26)23(19)17(13)20(27)28)22-15(25)8-12-4-2-3-5-14(12)21-30-6-7-31-21/h2-5,16,19,21H,6-10H2,1H3,(H,22,25)(H,27,28). The third kappa shape index (κ3) is 4.65. The molecule has 3 heterocycles. The topological polar surface area (TPSA) is 113 Å². The first-order valence-electron chi connectivity index (χ1n) is 10.0. The number of thioether (sulfide) groups is 3. The van der Waals surface area contributed by atoms with Gasteiger partial charge in [-0.2, -0.15) is 0 Å². The van der Waals surface area contributed by atoms with Crippen LogP contribution in [0.15, 0.2) is 35.5 Å². The first-order valence-corrected chi connectivity index (χ1v) is 13.1. The number of carbonyl (C=O) groups is 4. The number of nitrogens with zero attached hydrogens (tertiary/aromatic N) is 1. The van der Waals surface area contributed by atoms with E-state index in [-0.39, 0.29) is 24.6 Å². The lowest BCUT2D eigenvalue weighted by atomic mass is 10.0. The second-order valence-corrected chi connectivity index (χ2v) is 11.3. The second-order valence-electron chi connectivity index (χ2n) is 7.44. The summed E-state index contributed by atoms with van der Waals surface area (Å²) in [6, 6.07) is 7.07. The molecule has 1 aromatic carbocycles. The van der Waals surface area contributed by atoms with Crippen LogP contribution in [0.4, 0.5) is 0 Å². The van der Waals surface area contributed by atoms with Crippen LogP contribution < -0.4 is 5.32 Å². The molecule has 3 aliphatic heterocycles. The molecule has 0 aromatic heterocycles. The minimum atomic E-state index is -1.25. The lowest BCUT2D eigenvalue weighted by molar-refractivity contribution is -0.151. The Bertz CT molecular complexity index is 992. The van der Waals surface area contributed by atoms with E-state index in [0.717, 1.165) is 22.6 Å². The van der Waals surface area contributed by atoms with Crippen molar-refractivity contribution < 1.29 is 29.0 Å². The van der Waals surface area contributed by atoms with Gasteiger partial charge in [-0.25, -0.2) is 4.79 Å². The lowest BCUT2D eigenvalue weighted by Gasteiger charge is -2.49. The Morgan fingerprint density at radius 3 is 2.59 bits per heavy atom. The van der Waals surface area contributed by atoms with Crippen molar-refractivity contribution in [1.29, 1.82) is 0 Å². The van der Waals surface area contributed by atoms with Crippen LogP contribution in [-0.2, 0) is 30.3 Å². The molecule has 2 atom stereocenters. The van der Waals surface area contributed by atoms with Crippen molar-refractivity contribution in [1.82, 2.24) is 10.2 Å². The summed E-state index contributed by atoms with van der Waals surface area (Å²) in [5, 5.41) is 11.9. The molecule has 0 radical (unpaired) electrons. The van der Waals surface area contributed by atoms with Gasteiger partial charge in [0.25, 0.3) is 5.91 Å². The highest BCUT2D eigenvalue weighted by Gasteiger charge is 2.54. The van der Waals surface area contributed by atoms with E-state index in [4.69, 9.17) is 4.74 Å². The Kier molecular flexibility index (Phi) is 7.06. The maximum Gasteiger partial charge on any atom is 0.352 e. The summed E-state index contributed by atoms with van der Waals surface area (Å²) in [4.78, 5) is 49.6. The van der Waals surface area contributed by atoms with Gasteiger partial charge in [-0.3, -0.25) is 19.3 Å². The molecule has 0 aliphatic carbocycles. The fourth-order valence-electron chi connectivity index (χ4n) is 3.84. The van der Waals surface area contributed by atoms with Crippen molar-refractivity contribution in [2.45, 2.75) is 29.3 Å². The molecule has 32 heavy (non-hydrogen) atoms. The molecule has 2 saturated heterocycles. The first-order chi connectivity index (χ1) is 15.4. The molecule has 8 nitrogen and oxygen atoms in total. The number of ether oxygens (including phenoxy) is 1. The Hall–Kier alpha value is -2.11. The number of esters is 1. The van der Waals surface area contributed by atoms with Gasteiger partial charge in [0.15, 0.2) is 0 Å². The molecular weight excluding hydrogens is 472 g/mol. The van der Waals surface area contributed by atoms with E-state index in [9.17, 15) is 24.3 Å². The molecule has 0 saturated carbocycles. The highest BCUT2D eigenvalue weighted by molar-refractivity contribution is 8.19. The summed E-state index contributed by atoms with van der Waals surface area (Å²) in [5.74, 6) is -0.0475. The number of benzene rings is 1. The minimum absolute atomic E-state index is 0.161. The number of β-lactam (4-membered cyclic amide) rings is 1. The number of carboxylic acids is 1. The number of carbonyl (C=O) groups excluding carboxylic acids is 3. The van der Waals surface area contributed by atoms with E-state index < -0.39 is 29.3 Å². The van der Waals surface area contributed by atoms with Crippen molar-refractivity contribution in [2.24, 2.45) is 0 Å². The third-order valence-electron chi connectivity index (χ3n) is 5.30. The molecule has 2 fully saturated rings. The normalized spacial score (nSPS) is 22.9. The predicted molar refractivity (Wildman–Crippen MR) is 124 cm³/mol. The van der Waals surface area contributed by atoms with E-state index in [1.807, 2.05) is 47.8 Å². The smallest absolute Gasteiger partial charge is 0.352 e. The molecule has 4 rings (SSSR count). The maximum atomic E-state index is 12.8. The lowest BCUT2D eigenvalue weighted by Crippen LogP contribution is -2.70. The van der Waals surface area contributed by atoms with Crippen LogP contribution in [0.5, 0.6) is 0 Å². The number of rotatable bonds is 7. The van der Waals surface area contributed by atoms with Gasteiger partial charge in [0.1, 0.15) is 23.7 Å². The van der Waals surface area contributed by atoms with Gasteiger partial charge in [-0.05, 0) is 11.1 Å². The third-order valence-corrected chi connectivity index (χ3v) is 9.71. The molecule has 170 valence electrons. The molecule has 2 N–H and O–H groups in total. The summed E-state index contributed by atoms with van der Waals surface area (Å²) < 4.78 is 5.24. The van der Waals surface area contributed by atoms with E-state index in [1.54, 1.807) is 0 Å². The van der Waals surface area contributed by atoms with Crippen molar-refractivity contribution >= 4 is 59.0 Å². The average molecular weight is 495 g/mol. The van der Waals surface area contributed by atoms with Gasteiger partial charge < -0.3 is 15.2 Å². The predicted octanol–water partition coefficient (Wildman–Crippen LogP) is 2.01. The molecule has 2 amide bonds. The molecule has 1 aromatic rings. The highest BCUT2D eigenvalue weighted by Crippen LogP contribution is 2.46. The van der Waals surface area contributed by atoms with Crippen LogP contribution in [0, 0.1) is 0 Å². The Balaban J connectivity index is 1.43. The monoisotopic (exact) mass is 494 g/mol. The van der Waals surface area contributed by atoms with Crippen LogP contribution in [0.1, 0.15) is 22.6 Å².